The highest BCUT2D eigenvalue weighted by atomic mass is 32.2. The van der Waals surface area contributed by atoms with Crippen molar-refractivity contribution in [1.82, 2.24) is 9.97 Å². The average Bonchev–Trinajstić information content (AvgIpc) is 3.29. The van der Waals surface area contributed by atoms with Gasteiger partial charge in [0.2, 0.25) is 11.9 Å². The molecule has 1 aromatic carbocycles. The minimum atomic E-state index is -3.27. The molecule has 1 aromatic heterocycles. The fourth-order valence-corrected chi connectivity index (χ4v) is 5.53. The van der Waals surface area contributed by atoms with Crippen molar-refractivity contribution in [2.75, 3.05) is 41.1 Å². The van der Waals surface area contributed by atoms with Crippen LogP contribution in [0.25, 0.3) is 0 Å². The Morgan fingerprint density at radius 1 is 1.15 bits per heavy atom. The molecule has 2 aromatic rings. The molecule has 0 saturated heterocycles. The molecular weight excluding hydrogens is 438 g/mol. The summed E-state index contributed by atoms with van der Waals surface area (Å²) < 4.78 is 23.7. The molecule has 1 aliphatic carbocycles. The van der Waals surface area contributed by atoms with Crippen LogP contribution in [0, 0.1) is 5.41 Å². The van der Waals surface area contributed by atoms with Crippen molar-refractivity contribution in [2.45, 2.75) is 57.4 Å². The summed E-state index contributed by atoms with van der Waals surface area (Å²) in [6.45, 7) is 7.22. The molecule has 1 fully saturated rings. The summed E-state index contributed by atoms with van der Waals surface area (Å²) in [6.07, 6.45) is 7.51. The fourth-order valence-electron chi connectivity index (χ4n) is 4.90. The Labute approximate surface area is 196 Å². The van der Waals surface area contributed by atoms with E-state index in [1.54, 1.807) is 42.4 Å². The molecule has 4 rings (SSSR count). The number of carbonyl (C=O) groups excluding carboxylic acids is 1. The lowest BCUT2D eigenvalue weighted by Crippen LogP contribution is -2.45. The lowest BCUT2D eigenvalue weighted by molar-refractivity contribution is -0.125. The van der Waals surface area contributed by atoms with Crippen LogP contribution in [0.2, 0.25) is 0 Å². The van der Waals surface area contributed by atoms with Gasteiger partial charge < -0.3 is 14.7 Å². The van der Waals surface area contributed by atoms with E-state index in [9.17, 15) is 13.2 Å². The van der Waals surface area contributed by atoms with Crippen LogP contribution in [-0.4, -0.2) is 56.7 Å². The number of carbonyl (C=O) groups is 1. The van der Waals surface area contributed by atoms with Gasteiger partial charge in [-0.25, -0.2) is 13.4 Å². The number of nitrogens with zero attached hydrogens (tertiary/aromatic N) is 5. The van der Waals surface area contributed by atoms with Crippen molar-refractivity contribution in [2.24, 2.45) is 5.41 Å². The summed E-state index contributed by atoms with van der Waals surface area (Å²) in [7, 11) is -1.47. The zero-order valence-corrected chi connectivity index (χ0v) is 20.9. The minimum absolute atomic E-state index is 0.0595. The first-order valence-electron chi connectivity index (χ1n) is 11.5. The van der Waals surface area contributed by atoms with Gasteiger partial charge in [0.05, 0.1) is 16.5 Å². The molecular formula is C24H33N5O3S. The number of amides is 1. The third kappa shape index (κ3) is 4.43. The summed E-state index contributed by atoms with van der Waals surface area (Å²) in [4.78, 5) is 29.0. The van der Waals surface area contributed by atoms with E-state index in [0.29, 0.717) is 25.1 Å². The summed E-state index contributed by atoms with van der Waals surface area (Å²) in [6, 6.07) is 7.13. The molecule has 0 N–H and O–H groups in total. The molecule has 0 radical (unpaired) electrons. The van der Waals surface area contributed by atoms with E-state index in [1.165, 1.54) is 19.1 Å². The molecule has 0 spiro atoms. The number of anilines is 4. The van der Waals surface area contributed by atoms with E-state index in [0.717, 1.165) is 30.0 Å². The normalized spacial score (nSPS) is 18.9. The summed E-state index contributed by atoms with van der Waals surface area (Å²) in [5.41, 5.74) is 1.00. The molecule has 178 valence electrons. The molecule has 9 heteroatoms. The monoisotopic (exact) mass is 471 g/mol. The summed E-state index contributed by atoms with van der Waals surface area (Å²) in [5.74, 6) is 1.38. The standard InChI is InChI=1S/C24H33N5O3S/c1-6-28(18-11-13-19(14-12-18)33(5,31)32)23-25-15-20-21(26-23)29(17-9-7-8-10-17)16-24(2,3)22(30)27(20)4/h11-15,17H,6-10,16H2,1-5H3. The number of hydrogen-bond donors (Lipinski definition) is 0. The van der Waals surface area contributed by atoms with E-state index in [-0.39, 0.29) is 10.8 Å². The van der Waals surface area contributed by atoms with Gasteiger partial charge in [-0.15, -0.1) is 0 Å². The highest BCUT2D eigenvalue weighted by molar-refractivity contribution is 7.90. The Morgan fingerprint density at radius 3 is 2.36 bits per heavy atom. The SMILES string of the molecule is CCN(c1ccc(S(C)(=O)=O)cc1)c1ncc2c(n1)N(C1CCCC1)CC(C)(C)C(=O)N2C. The third-order valence-corrected chi connectivity index (χ3v) is 7.85. The maximum atomic E-state index is 13.2. The first-order valence-corrected chi connectivity index (χ1v) is 13.4. The zero-order valence-electron chi connectivity index (χ0n) is 20.1. The van der Waals surface area contributed by atoms with E-state index in [4.69, 9.17) is 4.98 Å². The fraction of sp³-hybridized carbons (Fsp3) is 0.542. The maximum Gasteiger partial charge on any atom is 0.234 e. The Kier molecular flexibility index (Phi) is 6.11. The van der Waals surface area contributed by atoms with Gasteiger partial charge in [-0.1, -0.05) is 12.8 Å². The predicted octanol–water partition coefficient (Wildman–Crippen LogP) is 3.79. The molecule has 2 aliphatic rings. The Hall–Kier alpha value is -2.68. The molecule has 1 saturated carbocycles. The van der Waals surface area contributed by atoms with Crippen molar-refractivity contribution in [3.8, 4) is 0 Å². The van der Waals surface area contributed by atoms with Crippen molar-refractivity contribution in [1.29, 1.82) is 0 Å². The molecule has 2 heterocycles. The summed E-state index contributed by atoms with van der Waals surface area (Å²) in [5, 5.41) is 0. The number of aromatic nitrogens is 2. The van der Waals surface area contributed by atoms with Crippen molar-refractivity contribution in [3.05, 3.63) is 30.5 Å². The lowest BCUT2D eigenvalue weighted by atomic mass is 9.91. The lowest BCUT2D eigenvalue weighted by Gasteiger charge is -2.34. The Balaban J connectivity index is 1.78. The third-order valence-electron chi connectivity index (χ3n) is 6.72. The minimum Gasteiger partial charge on any atom is -0.351 e. The van der Waals surface area contributed by atoms with E-state index >= 15 is 0 Å². The van der Waals surface area contributed by atoms with Crippen LogP contribution in [0.15, 0.2) is 35.4 Å². The van der Waals surface area contributed by atoms with E-state index in [1.807, 2.05) is 25.7 Å². The highest BCUT2D eigenvalue weighted by Gasteiger charge is 2.41. The molecule has 8 nitrogen and oxygen atoms in total. The number of fused-ring (bicyclic) bond motifs is 1. The smallest absolute Gasteiger partial charge is 0.234 e. The van der Waals surface area contributed by atoms with Crippen molar-refractivity contribution in [3.63, 3.8) is 0 Å². The molecule has 1 aliphatic heterocycles. The topological polar surface area (TPSA) is 86.7 Å². The first-order chi connectivity index (χ1) is 15.5. The van der Waals surface area contributed by atoms with Gasteiger partial charge in [0.25, 0.3) is 0 Å². The zero-order chi connectivity index (χ0) is 24.0. The number of sulfone groups is 1. The molecule has 0 unspecified atom stereocenters. The van der Waals surface area contributed by atoms with Gasteiger partial charge in [-0.05, 0) is 57.9 Å². The second-order valence-electron chi connectivity index (χ2n) is 9.70. The van der Waals surface area contributed by atoms with Crippen LogP contribution < -0.4 is 14.7 Å². The van der Waals surface area contributed by atoms with Gasteiger partial charge in [-0.2, -0.15) is 4.98 Å². The van der Waals surface area contributed by atoms with Crippen molar-refractivity contribution >= 4 is 38.9 Å². The number of benzene rings is 1. The largest absolute Gasteiger partial charge is 0.351 e. The van der Waals surface area contributed by atoms with E-state index < -0.39 is 15.3 Å². The predicted molar refractivity (Wildman–Crippen MR) is 131 cm³/mol. The van der Waals surface area contributed by atoms with Crippen LogP contribution in [0.3, 0.4) is 0 Å². The van der Waals surface area contributed by atoms with Crippen molar-refractivity contribution < 1.29 is 13.2 Å². The first kappa shape index (κ1) is 23.5. The van der Waals surface area contributed by atoms with Gasteiger partial charge in [0.1, 0.15) is 5.69 Å². The van der Waals surface area contributed by atoms with Crippen LogP contribution in [0.5, 0.6) is 0 Å². The maximum absolute atomic E-state index is 13.2. The number of rotatable bonds is 5. The summed E-state index contributed by atoms with van der Waals surface area (Å²) >= 11 is 0. The average molecular weight is 472 g/mol. The van der Waals surface area contributed by atoms with Crippen LogP contribution in [-0.2, 0) is 14.6 Å². The number of hydrogen-bond acceptors (Lipinski definition) is 7. The van der Waals surface area contributed by atoms with Crippen LogP contribution in [0.1, 0.15) is 46.5 Å². The second-order valence-corrected chi connectivity index (χ2v) is 11.7. The molecule has 0 bridgehead atoms. The Morgan fingerprint density at radius 2 is 1.79 bits per heavy atom. The van der Waals surface area contributed by atoms with Crippen LogP contribution >= 0.6 is 0 Å². The highest BCUT2D eigenvalue weighted by Crippen LogP contribution is 2.41. The second kappa shape index (κ2) is 8.59. The molecule has 33 heavy (non-hydrogen) atoms. The van der Waals surface area contributed by atoms with Crippen LogP contribution in [0.4, 0.5) is 23.1 Å². The quantitative estimate of drug-likeness (QED) is 0.656. The van der Waals surface area contributed by atoms with Gasteiger partial charge >= 0.3 is 0 Å². The van der Waals surface area contributed by atoms with Gasteiger partial charge in [0.15, 0.2) is 15.7 Å². The van der Waals surface area contributed by atoms with E-state index in [2.05, 4.69) is 9.88 Å². The molecule has 1 amide bonds. The Bertz CT molecular complexity index is 1140. The molecule has 0 atom stereocenters. The van der Waals surface area contributed by atoms with Gasteiger partial charge in [0, 0.05) is 38.1 Å². The van der Waals surface area contributed by atoms with Gasteiger partial charge in [-0.3, -0.25) is 4.79 Å².